The first-order chi connectivity index (χ1) is 8.31. The zero-order chi connectivity index (χ0) is 13.5. The lowest BCUT2D eigenvalue weighted by Crippen LogP contribution is -2.36. The Morgan fingerprint density at radius 1 is 1.56 bits per heavy atom. The molecule has 0 aromatic carbocycles. The molecule has 1 aliphatic rings. The standard InChI is InChI=1S/C11H17N3O3S/c1-7(2)18(16,17)13-11(15)10-4-9(10)8-5-12-14(3)6-8/h5-7,9-10H,4H2,1-3H3,(H,13,15)/t9-,10+/m0/s1. The number of rotatable bonds is 4. The van der Waals surface area contributed by atoms with Crippen molar-refractivity contribution in [3.05, 3.63) is 18.0 Å². The lowest BCUT2D eigenvalue weighted by molar-refractivity contribution is -0.120. The van der Waals surface area contributed by atoms with Gasteiger partial charge in [-0.15, -0.1) is 0 Å². The predicted octanol–water partition coefficient (Wildman–Crippen LogP) is 0.378. The summed E-state index contributed by atoms with van der Waals surface area (Å²) in [5, 5.41) is 3.44. The number of sulfonamides is 1. The lowest BCUT2D eigenvalue weighted by atomic mass is 10.2. The minimum atomic E-state index is -3.52. The van der Waals surface area contributed by atoms with Gasteiger partial charge in [0.15, 0.2) is 0 Å². The lowest BCUT2D eigenvalue weighted by Gasteiger charge is -2.08. The molecule has 1 N–H and O–H groups in total. The third-order valence-electron chi connectivity index (χ3n) is 3.14. The van der Waals surface area contributed by atoms with Gasteiger partial charge in [0.1, 0.15) is 0 Å². The van der Waals surface area contributed by atoms with E-state index in [-0.39, 0.29) is 11.8 Å². The first-order valence-electron chi connectivity index (χ1n) is 5.85. The highest BCUT2D eigenvalue weighted by molar-refractivity contribution is 7.90. The molecule has 1 aromatic heterocycles. The molecule has 2 rings (SSSR count). The third-order valence-corrected chi connectivity index (χ3v) is 4.87. The molecule has 100 valence electrons. The van der Waals surface area contributed by atoms with Crippen molar-refractivity contribution >= 4 is 15.9 Å². The molecule has 1 aliphatic carbocycles. The van der Waals surface area contributed by atoms with Crippen molar-refractivity contribution in [3.8, 4) is 0 Å². The molecular formula is C11H17N3O3S. The van der Waals surface area contributed by atoms with Crippen molar-refractivity contribution in [2.75, 3.05) is 0 Å². The Morgan fingerprint density at radius 3 is 2.72 bits per heavy atom. The number of nitrogens with zero attached hydrogens (tertiary/aromatic N) is 2. The summed E-state index contributed by atoms with van der Waals surface area (Å²) in [5.41, 5.74) is 0.986. The second-order valence-corrected chi connectivity index (χ2v) is 7.19. The fraction of sp³-hybridized carbons (Fsp3) is 0.636. The molecule has 1 saturated carbocycles. The molecule has 1 aromatic rings. The molecule has 7 heteroatoms. The summed E-state index contributed by atoms with van der Waals surface area (Å²) in [5.74, 6) is -0.554. The van der Waals surface area contributed by atoms with Crippen LogP contribution in [-0.2, 0) is 21.9 Å². The molecule has 1 amide bonds. The van der Waals surface area contributed by atoms with Gasteiger partial charge in [0, 0.05) is 19.2 Å². The minimum absolute atomic E-state index is 0.0982. The van der Waals surface area contributed by atoms with Crippen molar-refractivity contribution < 1.29 is 13.2 Å². The molecule has 6 nitrogen and oxygen atoms in total. The van der Waals surface area contributed by atoms with Gasteiger partial charge in [-0.25, -0.2) is 8.42 Å². The van der Waals surface area contributed by atoms with E-state index in [1.54, 1.807) is 24.7 Å². The number of nitrogens with one attached hydrogen (secondary N) is 1. The van der Waals surface area contributed by atoms with Crippen LogP contribution in [0.5, 0.6) is 0 Å². The molecule has 1 fully saturated rings. The van der Waals surface area contributed by atoms with Crippen LogP contribution in [0, 0.1) is 5.92 Å². The van der Waals surface area contributed by atoms with Crippen molar-refractivity contribution in [1.29, 1.82) is 0 Å². The Kier molecular flexibility index (Phi) is 3.18. The monoisotopic (exact) mass is 271 g/mol. The van der Waals surface area contributed by atoms with E-state index >= 15 is 0 Å². The third kappa shape index (κ3) is 2.55. The van der Waals surface area contributed by atoms with Crippen LogP contribution in [0.15, 0.2) is 12.4 Å². The van der Waals surface area contributed by atoms with Crippen LogP contribution in [0.25, 0.3) is 0 Å². The molecule has 0 bridgehead atoms. The van der Waals surface area contributed by atoms with Gasteiger partial charge in [-0.05, 0) is 31.7 Å². The highest BCUT2D eigenvalue weighted by Crippen LogP contribution is 2.47. The number of carbonyl (C=O) groups is 1. The number of hydrogen-bond acceptors (Lipinski definition) is 4. The summed E-state index contributed by atoms with van der Waals surface area (Å²) in [4.78, 5) is 11.8. The second-order valence-electron chi connectivity index (χ2n) is 4.96. The van der Waals surface area contributed by atoms with Crippen LogP contribution in [0.3, 0.4) is 0 Å². The van der Waals surface area contributed by atoms with Gasteiger partial charge < -0.3 is 0 Å². The normalized spacial score (nSPS) is 23.1. The smallest absolute Gasteiger partial charge is 0.237 e. The van der Waals surface area contributed by atoms with Crippen molar-refractivity contribution in [2.45, 2.75) is 31.4 Å². The number of hydrogen-bond donors (Lipinski definition) is 1. The van der Waals surface area contributed by atoms with Gasteiger partial charge in [-0.3, -0.25) is 14.2 Å². The fourth-order valence-electron chi connectivity index (χ4n) is 1.82. The van der Waals surface area contributed by atoms with Gasteiger partial charge in [0.25, 0.3) is 0 Å². The maximum atomic E-state index is 11.8. The van der Waals surface area contributed by atoms with E-state index in [1.165, 1.54) is 0 Å². The van der Waals surface area contributed by atoms with Crippen LogP contribution in [0.2, 0.25) is 0 Å². The van der Waals surface area contributed by atoms with E-state index in [0.29, 0.717) is 6.42 Å². The van der Waals surface area contributed by atoms with Gasteiger partial charge >= 0.3 is 0 Å². The van der Waals surface area contributed by atoms with E-state index in [0.717, 1.165) is 5.56 Å². The zero-order valence-corrected chi connectivity index (χ0v) is 11.4. The Labute approximate surface area is 106 Å². The quantitative estimate of drug-likeness (QED) is 0.858. The Bertz CT molecular complexity index is 562. The Morgan fingerprint density at radius 2 is 2.22 bits per heavy atom. The van der Waals surface area contributed by atoms with Crippen LogP contribution >= 0.6 is 0 Å². The molecule has 0 saturated heterocycles. The van der Waals surface area contributed by atoms with Crippen LogP contribution in [0.4, 0.5) is 0 Å². The van der Waals surface area contributed by atoms with E-state index in [2.05, 4.69) is 9.82 Å². The SMILES string of the molecule is CC(C)S(=O)(=O)NC(=O)[C@@H]1C[C@H]1c1cnn(C)c1. The summed E-state index contributed by atoms with van der Waals surface area (Å²) in [7, 11) is -1.71. The van der Waals surface area contributed by atoms with Gasteiger partial charge in [0.2, 0.25) is 15.9 Å². The molecule has 1 heterocycles. The number of amides is 1. The topological polar surface area (TPSA) is 81.1 Å². The zero-order valence-electron chi connectivity index (χ0n) is 10.6. The largest absolute Gasteiger partial charge is 0.276 e. The molecule has 0 unspecified atom stereocenters. The number of aromatic nitrogens is 2. The summed E-state index contributed by atoms with van der Waals surface area (Å²) < 4.78 is 26.9. The maximum Gasteiger partial charge on any atom is 0.237 e. The average Bonchev–Trinajstić information content (AvgIpc) is 2.94. The Hall–Kier alpha value is -1.37. The van der Waals surface area contributed by atoms with Gasteiger partial charge in [-0.2, -0.15) is 5.10 Å². The summed E-state index contributed by atoms with van der Waals surface area (Å²) in [6, 6.07) is 0. The van der Waals surface area contributed by atoms with E-state index in [9.17, 15) is 13.2 Å². The first kappa shape index (κ1) is 13.1. The summed E-state index contributed by atoms with van der Waals surface area (Å²) in [6.45, 7) is 3.09. The average molecular weight is 271 g/mol. The first-order valence-corrected chi connectivity index (χ1v) is 7.40. The van der Waals surface area contributed by atoms with Gasteiger partial charge in [0.05, 0.1) is 11.4 Å². The number of carbonyl (C=O) groups excluding carboxylic acids is 1. The van der Waals surface area contributed by atoms with Crippen molar-refractivity contribution in [1.82, 2.24) is 14.5 Å². The molecule has 0 spiro atoms. The highest BCUT2D eigenvalue weighted by atomic mass is 32.2. The van der Waals surface area contributed by atoms with Crippen LogP contribution < -0.4 is 4.72 Å². The predicted molar refractivity (Wildman–Crippen MR) is 66.3 cm³/mol. The van der Waals surface area contributed by atoms with Gasteiger partial charge in [-0.1, -0.05) is 0 Å². The fourth-order valence-corrected chi connectivity index (χ4v) is 2.49. The molecule has 18 heavy (non-hydrogen) atoms. The van der Waals surface area contributed by atoms with E-state index in [4.69, 9.17) is 0 Å². The molecule has 0 aliphatic heterocycles. The second kappa shape index (κ2) is 4.38. The highest BCUT2D eigenvalue weighted by Gasteiger charge is 2.45. The summed E-state index contributed by atoms with van der Waals surface area (Å²) in [6.07, 6.45) is 4.26. The minimum Gasteiger partial charge on any atom is -0.276 e. The van der Waals surface area contributed by atoms with E-state index < -0.39 is 21.2 Å². The van der Waals surface area contributed by atoms with Crippen molar-refractivity contribution in [3.63, 3.8) is 0 Å². The maximum absolute atomic E-state index is 11.8. The van der Waals surface area contributed by atoms with E-state index in [1.807, 2.05) is 13.2 Å². The van der Waals surface area contributed by atoms with Crippen molar-refractivity contribution in [2.24, 2.45) is 13.0 Å². The summed E-state index contributed by atoms with van der Waals surface area (Å²) >= 11 is 0. The molecule has 2 atom stereocenters. The van der Waals surface area contributed by atoms with Crippen LogP contribution in [0.1, 0.15) is 31.7 Å². The molecule has 0 radical (unpaired) electrons. The number of aryl methyl sites for hydroxylation is 1. The Balaban J connectivity index is 1.98. The molecular weight excluding hydrogens is 254 g/mol. The van der Waals surface area contributed by atoms with Crippen LogP contribution in [-0.4, -0.2) is 29.4 Å².